The van der Waals surface area contributed by atoms with Gasteiger partial charge in [0.2, 0.25) is 0 Å². The number of aryl methyl sites for hydroxylation is 2. The third kappa shape index (κ3) is 2.92. The number of aromatic nitrogens is 2. The van der Waals surface area contributed by atoms with E-state index in [1.807, 2.05) is 32.0 Å². The molecule has 5 nitrogen and oxygen atoms in total. The van der Waals surface area contributed by atoms with Gasteiger partial charge < -0.3 is 9.64 Å². The lowest BCUT2D eigenvalue weighted by atomic mass is 10.0. The topological polar surface area (TPSA) is 62.0 Å². The number of hydrogen-bond acceptors (Lipinski definition) is 5. The zero-order chi connectivity index (χ0) is 15.5. The molecule has 0 aliphatic carbocycles. The van der Waals surface area contributed by atoms with E-state index in [0.717, 1.165) is 29.3 Å². The molecular formula is C17H18N4O. The third-order valence-electron chi connectivity index (χ3n) is 3.80. The first-order chi connectivity index (χ1) is 10.7. The van der Waals surface area contributed by atoms with Crippen molar-refractivity contribution in [3.63, 3.8) is 0 Å². The maximum atomic E-state index is 9.04. The van der Waals surface area contributed by atoms with Gasteiger partial charge in [-0.2, -0.15) is 5.26 Å². The van der Waals surface area contributed by atoms with Crippen LogP contribution in [-0.4, -0.2) is 29.7 Å². The predicted octanol–water partition coefficient (Wildman–Crippen LogP) is 2.54. The Morgan fingerprint density at radius 3 is 3.05 bits per heavy atom. The molecule has 0 amide bonds. The van der Waals surface area contributed by atoms with Crippen molar-refractivity contribution in [2.24, 2.45) is 0 Å². The van der Waals surface area contributed by atoms with Crippen LogP contribution in [0.1, 0.15) is 28.6 Å². The highest BCUT2D eigenvalue weighted by molar-refractivity contribution is 5.44. The van der Waals surface area contributed by atoms with Gasteiger partial charge in [0.15, 0.2) is 5.82 Å². The van der Waals surface area contributed by atoms with Gasteiger partial charge in [-0.15, -0.1) is 0 Å². The van der Waals surface area contributed by atoms with Crippen LogP contribution in [0.4, 0.5) is 5.82 Å². The molecule has 0 N–H and O–H groups in total. The highest BCUT2D eigenvalue weighted by Gasteiger charge is 2.24. The first-order valence-corrected chi connectivity index (χ1v) is 7.34. The molecule has 0 saturated carbocycles. The van der Waals surface area contributed by atoms with Crippen molar-refractivity contribution in [1.29, 1.82) is 5.26 Å². The number of nitrogens with zero attached hydrogens (tertiary/aromatic N) is 4. The van der Waals surface area contributed by atoms with Crippen molar-refractivity contribution in [2.75, 3.05) is 24.6 Å². The van der Waals surface area contributed by atoms with Gasteiger partial charge in [0.1, 0.15) is 6.10 Å². The Bertz CT molecular complexity index is 723. The lowest BCUT2D eigenvalue weighted by molar-refractivity contribution is 0.0394. The van der Waals surface area contributed by atoms with Crippen molar-refractivity contribution < 1.29 is 4.74 Å². The van der Waals surface area contributed by atoms with Crippen LogP contribution in [0, 0.1) is 25.2 Å². The minimum absolute atomic E-state index is 0.0521. The van der Waals surface area contributed by atoms with E-state index in [2.05, 4.69) is 20.9 Å². The summed E-state index contributed by atoms with van der Waals surface area (Å²) in [6, 6.07) is 9.77. The van der Waals surface area contributed by atoms with E-state index < -0.39 is 0 Å². The van der Waals surface area contributed by atoms with E-state index in [0.29, 0.717) is 18.7 Å². The van der Waals surface area contributed by atoms with Gasteiger partial charge in [0.25, 0.3) is 0 Å². The molecule has 1 aliphatic rings. The van der Waals surface area contributed by atoms with Crippen molar-refractivity contribution in [1.82, 2.24) is 9.97 Å². The molecule has 0 radical (unpaired) electrons. The van der Waals surface area contributed by atoms with Gasteiger partial charge in [-0.25, -0.2) is 4.98 Å². The fraction of sp³-hybridized carbons (Fsp3) is 0.353. The van der Waals surface area contributed by atoms with Gasteiger partial charge in [-0.05, 0) is 31.5 Å². The second-order valence-electron chi connectivity index (χ2n) is 5.46. The first kappa shape index (κ1) is 14.5. The lowest BCUT2D eigenvalue weighted by Gasteiger charge is -2.34. The van der Waals surface area contributed by atoms with Crippen LogP contribution in [0.2, 0.25) is 0 Å². The minimum atomic E-state index is -0.0521. The Morgan fingerprint density at radius 1 is 1.36 bits per heavy atom. The quantitative estimate of drug-likeness (QED) is 0.851. The number of benzene rings is 1. The summed E-state index contributed by atoms with van der Waals surface area (Å²) < 4.78 is 5.89. The number of hydrogen-bond donors (Lipinski definition) is 0. The summed E-state index contributed by atoms with van der Waals surface area (Å²) in [6.07, 6.45) is 1.73. The van der Waals surface area contributed by atoms with E-state index in [9.17, 15) is 0 Å². The normalized spacial score (nSPS) is 18.0. The SMILES string of the molecule is Cc1cnc(C)c(N2CCOC(c3cccc(C#N)c3)C2)n1. The zero-order valence-electron chi connectivity index (χ0n) is 12.8. The molecule has 1 atom stereocenters. The van der Waals surface area contributed by atoms with Crippen molar-refractivity contribution in [3.8, 4) is 6.07 Å². The maximum absolute atomic E-state index is 9.04. The molecule has 3 rings (SSSR count). The molecule has 0 bridgehead atoms. The van der Waals surface area contributed by atoms with Crippen molar-refractivity contribution in [3.05, 3.63) is 53.0 Å². The number of ether oxygens (including phenoxy) is 1. The van der Waals surface area contributed by atoms with Crippen LogP contribution in [0.3, 0.4) is 0 Å². The van der Waals surface area contributed by atoms with Crippen LogP contribution in [0.5, 0.6) is 0 Å². The van der Waals surface area contributed by atoms with E-state index in [1.165, 1.54) is 0 Å². The highest BCUT2D eigenvalue weighted by atomic mass is 16.5. The molecule has 2 heterocycles. The predicted molar refractivity (Wildman–Crippen MR) is 83.6 cm³/mol. The standard InChI is InChI=1S/C17H18N4O/c1-12-10-19-13(2)17(20-12)21-6-7-22-16(11-21)15-5-3-4-14(8-15)9-18/h3-5,8,10,16H,6-7,11H2,1-2H3. The highest BCUT2D eigenvalue weighted by Crippen LogP contribution is 2.26. The number of anilines is 1. The van der Waals surface area contributed by atoms with Crippen LogP contribution < -0.4 is 4.90 Å². The Morgan fingerprint density at radius 2 is 2.23 bits per heavy atom. The van der Waals surface area contributed by atoms with Crippen LogP contribution >= 0.6 is 0 Å². The number of rotatable bonds is 2. The van der Waals surface area contributed by atoms with E-state index in [1.54, 1.807) is 12.3 Å². The van der Waals surface area contributed by atoms with Gasteiger partial charge >= 0.3 is 0 Å². The van der Waals surface area contributed by atoms with E-state index in [-0.39, 0.29) is 6.10 Å². The Balaban J connectivity index is 1.85. The average molecular weight is 294 g/mol. The molecule has 22 heavy (non-hydrogen) atoms. The molecule has 1 aromatic carbocycles. The molecule has 1 saturated heterocycles. The zero-order valence-corrected chi connectivity index (χ0v) is 12.8. The molecule has 5 heteroatoms. The Kier molecular flexibility index (Phi) is 4.03. The summed E-state index contributed by atoms with van der Waals surface area (Å²) in [6.45, 7) is 6.07. The lowest BCUT2D eigenvalue weighted by Crippen LogP contribution is -2.39. The second-order valence-corrected chi connectivity index (χ2v) is 5.46. The smallest absolute Gasteiger partial charge is 0.150 e. The minimum Gasteiger partial charge on any atom is -0.370 e. The van der Waals surface area contributed by atoms with Gasteiger partial charge in [0.05, 0.1) is 29.6 Å². The van der Waals surface area contributed by atoms with Crippen LogP contribution in [0.15, 0.2) is 30.5 Å². The number of nitriles is 1. The molecule has 0 spiro atoms. The van der Waals surface area contributed by atoms with Gasteiger partial charge in [-0.1, -0.05) is 12.1 Å². The summed E-state index contributed by atoms with van der Waals surface area (Å²) in [5.74, 6) is 0.921. The van der Waals surface area contributed by atoms with E-state index in [4.69, 9.17) is 10.00 Å². The summed E-state index contributed by atoms with van der Waals surface area (Å²) in [5.41, 5.74) is 3.53. The summed E-state index contributed by atoms with van der Waals surface area (Å²) in [4.78, 5) is 11.2. The van der Waals surface area contributed by atoms with Crippen molar-refractivity contribution >= 4 is 5.82 Å². The Hall–Kier alpha value is -2.45. The average Bonchev–Trinajstić information content (AvgIpc) is 2.57. The number of morpholine rings is 1. The van der Waals surface area contributed by atoms with Gasteiger partial charge in [0, 0.05) is 19.3 Å². The van der Waals surface area contributed by atoms with E-state index >= 15 is 0 Å². The molecule has 2 aromatic rings. The third-order valence-corrected chi connectivity index (χ3v) is 3.80. The van der Waals surface area contributed by atoms with Crippen LogP contribution in [0.25, 0.3) is 0 Å². The first-order valence-electron chi connectivity index (χ1n) is 7.34. The molecule has 1 fully saturated rings. The summed E-state index contributed by atoms with van der Waals surface area (Å²) in [7, 11) is 0. The second kappa shape index (κ2) is 6.12. The maximum Gasteiger partial charge on any atom is 0.150 e. The molecule has 1 aromatic heterocycles. The summed E-state index contributed by atoms with van der Waals surface area (Å²) >= 11 is 0. The largest absolute Gasteiger partial charge is 0.370 e. The Labute approximate surface area is 130 Å². The summed E-state index contributed by atoms with van der Waals surface area (Å²) in [5, 5.41) is 9.04. The molecular weight excluding hydrogens is 276 g/mol. The molecule has 1 aliphatic heterocycles. The fourth-order valence-electron chi connectivity index (χ4n) is 2.68. The molecule has 1 unspecified atom stereocenters. The van der Waals surface area contributed by atoms with Crippen LogP contribution in [-0.2, 0) is 4.74 Å². The van der Waals surface area contributed by atoms with Crippen molar-refractivity contribution in [2.45, 2.75) is 20.0 Å². The molecule has 112 valence electrons. The van der Waals surface area contributed by atoms with Gasteiger partial charge in [-0.3, -0.25) is 4.98 Å². The monoisotopic (exact) mass is 294 g/mol. The fourth-order valence-corrected chi connectivity index (χ4v) is 2.68.